The summed E-state index contributed by atoms with van der Waals surface area (Å²) in [7, 11) is -0.454. The van der Waals surface area contributed by atoms with Crippen molar-refractivity contribution in [3.05, 3.63) is 12.2 Å². The van der Waals surface area contributed by atoms with Gasteiger partial charge in [-0.3, -0.25) is 4.79 Å². The Morgan fingerprint density at radius 3 is 2.45 bits per heavy atom. The average Bonchev–Trinajstić information content (AvgIpc) is 1.86. The number of amides is 1. The Balaban J connectivity index is 3.40. The minimum atomic E-state index is -0.454. The predicted octanol–water partition coefficient (Wildman–Crippen LogP) is 1.29. The number of nitrogens with two attached hydrogens (primary N) is 1. The highest BCUT2D eigenvalue weighted by atomic mass is 28.3. The van der Waals surface area contributed by atoms with Crippen LogP contribution in [0.25, 0.3) is 0 Å². The summed E-state index contributed by atoms with van der Waals surface area (Å²) >= 11 is 0. The number of carbonyl (C=O) groups is 1. The zero-order valence-corrected chi connectivity index (χ0v) is 8.55. The summed E-state index contributed by atoms with van der Waals surface area (Å²) < 4.78 is 0. The molecule has 11 heavy (non-hydrogen) atoms. The van der Waals surface area contributed by atoms with Crippen LogP contribution in [0.5, 0.6) is 0 Å². The highest BCUT2D eigenvalue weighted by Crippen LogP contribution is 2.06. The fourth-order valence-electron chi connectivity index (χ4n) is 0.847. The lowest BCUT2D eigenvalue weighted by Gasteiger charge is -2.02. The first kappa shape index (κ1) is 10.4. The largest absolute Gasteiger partial charge is 0.366 e. The molecule has 0 heterocycles. The van der Waals surface area contributed by atoms with Crippen LogP contribution in [-0.4, -0.2) is 14.7 Å². The number of carbonyl (C=O) groups excluding carboxylic acids is 1. The fraction of sp³-hybridized carbons (Fsp3) is 0.625. The number of hydrogen-bond acceptors (Lipinski definition) is 1. The van der Waals surface area contributed by atoms with Gasteiger partial charge in [0.2, 0.25) is 5.91 Å². The average molecular weight is 171 g/mol. The number of rotatable bonds is 5. The van der Waals surface area contributed by atoms with Crippen molar-refractivity contribution in [3.63, 3.8) is 0 Å². The topological polar surface area (TPSA) is 43.1 Å². The maximum absolute atomic E-state index is 10.5. The standard InChI is InChI=1S/C8H17NOSi/c1-7(8(9)10)5-4-6-11(2)3/h11H,1,4-6H2,2-3H3,(H2,9,10). The minimum absolute atomic E-state index is 0.351. The quantitative estimate of drug-likeness (QED) is 0.491. The molecule has 0 saturated heterocycles. The maximum atomic E-state index is 10.5. The highest BCUT2D eigenvalue weighted by Gasteiger charge is 2.01. The summed E-state index contributed by atoms with van der Waals surface area (Å²) in [5.41, 5.74) is 5.59. The van der Waals surface area contributed by atoms with Crippen molar-refractivity contribution >= 4 is 14.7 Å². The van der Waals surface area contributed by atoms with Crippen LogP contribution in [0.4, 0.5) is 0 Å². The van der Waals surface area contributed by atoms with Gasteiger partial charge in [0.1, 0.15) is 0 Å². The second-order valence-corrected chi connectivity index (χ2v) is 6.62. The summed E-state index contributed by atoms with van der Waals surface area (Å²) in [5.74, 6) is -0.351. The third-order valence-electron chi connectivity index (χ3n) is 1.61. The van der Waals surface area contributed by atoms with Crippen LogP contribution in [0.2, 0.25) is 19.1 Å². The summed E-state index contributed by atoms with van der Waals surface area (Å²) in [6.07, 6.45) is 1.85. The summed E-state index contributed by atoms with van der Waals surface area (Å²) in [4.78, 5) is 10.5. The van der Waals surface area contributed by atoms with Crippen LogP contribution < -0.4 is 5.73 Å². The molecule has 0 bridgehead atoms. The summed E-state index contributed by atoms with van der Waals surface area (Å²) in [5, 5.41) is 0. The normalized spacial score (nSPS) is 10.1. The zero-order chi connectivity index (χ0) is 8.85. The molecule has 0 fully saturated rings. The molecule has 0 spiro atoms. The molecule has 0 rings (SSSR count). The van der Waals surface area contributed by atoms with E-state index in [4.69, 9.17) is 5.73 Å². The Morgan fingerprint density at radius 2 is 2.09 bits per heavy atom. The molecule has 0 aliphatic rings. The van der Waals surface area contributed by atoms with Crippen molar-refractivity contribution in [2.75, 3.05) is 0 Å². The van der Waals surface area contributed by atoms with Crippen LogP contribution in [0, 0.1) is 0 Å². The van der Waals surface area contributed by atoms with Gasteiger partial charge in [-0.05, 0) is 6.42 Å². The van der Waals surface area contributed by atoms with Gasteiger partial charge >= 0.3 is 0 Å². The van der Waals surface area contributed by atoms with E-state index < -0.39 is 8.80 Å². The van der Waals surface area contributed by atoms with Gasteiger partial charge in [-0.15, -0.1) is 0 Å². The van der Waals surface area contributed by atoms with Gasteiger partial charge in [-0.2, -0.15) is 0 Å². The van der Waals surface area contributed by atoms with Crippen molar-refractivity contribution in [2.24, 2.45) is 5.73 Å². The first-order chi connectivity index (χ1) is 5.04. The van der Waals surface area contributed by atoms with E-state index >= 15 is 0 Å². The van der Waals surface area contributed by atoms with Gasteiger partial charge in [-0.1, -0.05) is 32.1 Å². The third kappa shape index (κ3) is 5.85. The summed E-state index contributed by atoms with van der Waals surface area (Å²) in [6, 6.07) is 1.27. The number of primary amides is 1. The molecule has 3 heteroatoms. The lowest BCUT2D eigenvalue weighted by molar-refractivity contribution is -0.114. The SMILES string of the molecule is C=C(CCC[SiH](C)C)C(N)=O. The van der Waals surface area contributed by atoms with Crippen molar-refractivity contribution < 1.29 is 4.79 Å². The Morgan fingerprint density at radius 1 is 1.55 bits per heavy atom. The van der Waals surface area contributed by atoms with Crippen molar-refractivity contribution in [2.45, 2.75) is 32.0 Å². The van der Waals surface area contributed by atoms with Gasteiger partial charge in [-0.25, -0.2) is 0 Å². The van der Waals surface area contributed by atoms with E-state index in [1.165, 1.54) is 6.04 Å². The van der Waals surface area contributed by atoms with E-state index in [0.717, 1.165) is 12.8 Å². The lowest BCUT2D eigenvalue weighted by atomic mass is 10.2. The van der Waals surface area contributed by atoms with E-state index in [1.807, 2.05) is 0 Å². The molecule has 0 aliphatic heterocycles. The van der Waals surface area contributed by atoms with Gasteiger partial charge in [0.25, 0.3) is 0 Å². The van der Waals surface area contributed by atoms with Crippen molar-refractivity contribution in [1.29, 1.82) is 0 Å². The Labute approximate surface area is 70.1 Å². The van der Waals surface area contributed by atoms with Crippen LogP contribution in [0.3, 0.4) is 0 Å². The molecule has 1 amide bonds. The van der Waals surface area contributed by atoms with Crippen LogP contribution in [0.1, 0.15) is 12.8 Å². The van der Waals surface area contributed by atoms with Gasteiger partial charge < -0.3 is 5.73 Å². The molecule has 0 saturated carbocycles. The molecule has 0 aromatic carbocycles. The molecule has 2 nitrogen and oxygen atoms in total. The van der Waals surface area contributed by atoms with Gasteiger partial charge in [0.05, 0.1) is 0 Å². The fourth-order valence-corrected chi connectivity index (χ4v) is 1.87. The first-order valence-corrected chi connectivity index (χ1v) is 7.14. The third-order valence-corrected chi connectivity index (χ3v) is 3.17. The Bertz CT molecular complexity index is 154. The molecule has 0 atom stereocenters. The first-order valence-electron chi connectivity index (χ1n) is 4.01. The van der Waals surface area contributed by atoms with Crippen LogP contribution >= 0.6 is 0 Å². The van der Waals surface area contributed by atoms with Crippen molar-refractivity contribution in [1.82, 2.24) is 0 Å². The van der Waals surface area contributed by atoms with E-state index in [0.29, 0.717) is 5.57 Å². The molecule has 2 N–H and O–H groups in total. The predicted molar refractivity (Wildman–Crippen MR) is 51.3 cm³/mol. The monoisotopic (exact) mass is 171 g/mol. The highest BCUT2D eigenvalue weighted by molar-refractivity contribution is 6.55. The van der Waals surface area contributed by atoms with Gasteiger partial charge in [0.15, 0.2) is 0 Å². The molecular formula is C8H17NOSi. The molecular weight excluding hydrogens is 154 g/mol. The van der Waals surface area contributed by atoms with E-state index in [2.05, 4.69) is 19.7 Å². The Hall–Kier alpha value is -0.573. The maximum Gasteiger partial charge on any atom is 0.244 e. The Kier molecular flexibility index (Phi) is 4.86. The number of hydrogen-bond donors (Lipinski definition) is 1. The van der Waals surface area contributed by atoms with E-state index in [9.17, 15) is 4.79 Å². The van der Waals surface area contributed by atoms with E-state index in [-0.39, 0.29) is 5.91 Å². The van der Waals surface area contributed by atoms with Gasteiger partial charge in [0, 0.05) is 14.4 Å². The minimum Gasteiger partial charge on any atom is -0.366 e. The second-order valence-electron chi connectivity index (χ2n) is 3.25. The summed E-state index contributed by atoms with van der Waals surface area (Å²) in [6.45, 7) is 8.19. The lowest BCUT2D eigenvalue weighted by Crippen LogP contribution is -2.13. The van der Waals surface area contributed by atoms with E-state index in [1.54, 1.807) is 0 Å². The molecule has 0 aromatic heterocycles. The molecule has 0 radical (unpaired) electrons. The van der Waals surface area contributed by atoms with Crippen LogP contribution in [-0.2, 0) is 4.79 Å². The molecule has 0 aromatic rings. The van der Waals surface area contributed by atoms with Crippen LogP contribution in [0.15, 0.2) is 12.2 Å². The zero-order valence-electron chi connectivity index (χ0n) is 7.39. The molecule has 0 aliphatic carbocycles. The van der Waals surface area contributed by atoms with Crippen molar-refractivity contribution in [3.8, 4) is 0 Å². The second kappa shape index (κ2) is 5.13. The smallest absolute Gasteiger partial charge is 0.244 e. The molecule has 0 unspecified atom stereocenters. The molecule has 64 valence electrons.